The van der Waals surface area contributed by atoms with Gasteiger partial charge < -0.3 is 5.32 Å². The highest BCUT2D eigenvalue weighted by Gasteiger charge is 2.06. The number of hydrogen-bond acceptors (Lipinski definition) is 3. The van der Waals surface area contributed by atoms with E-state index in [9.17, 15) is 8.42 Å². The van der Waals surface area contributed by atoms with Gasteiger partial charge in [-0.2, -0.15) is 0 Å². The Morgan fingerprint density at radius 2 is 1.87 bits per heavy atom. The SMILES string of the molecule is C=CC(C)Nc1ccc(S(C)(=O)=O)cc1. The largest absolute Gasteiger partial charge is 0.379 e. The molecule has 0 bridgehead atoms. The fourth-order valence-electron chi connectivity index (χ4n) is 1.12. The van der Waals surface area contributed by atoms with Gasteiger partial charge in [-0.25, -0.2) is 8.42 Å². The normalized spacial score (nSPS) is 13.2. The van der Waals surface area contributed by atoms with Crippen LogP contribution in [0, 0.1) is 0 Å². The fraction of sp³-hybridized carbons (Fsp3) is 0.273. The topological polar surface area (TPSA) is 46.2 Å². The van der Waals surface area contributed by atoms with Crippen molar-refractivity contribution in [2.24, 2.45) is 0 Å². The molecule has 0 radical (unpaired) electrons. The van der Waals surface area contributed by atoms with Crippen LogP contribution in [0.4, 0.5) is 5.69 Å². The monoisotopic (exact) mass is 225 g/mol. The van der Waals surface area contributed by atoms with Gasteiger partial charge in [0.1, 0.15) is 0 Å². The maximum Gasteiger partial charge on any atom is 0.175 e. The van der Waals surface area contributed by atoms with Gasteiger partial charge in [0.25, 0.3) is 0 Å². The molecule has 0 aromatic heterocycles. The van der Waals surface area contributed by atoms with Gasteiger partial charge in [0.2, 0.25) is 0 Å². The molecule has 15 heavy (non-hydrogen) atoms. The molecule has 0 fully saturated rings. The maximum atomic E-state index is 11.2. The molecular formula is C11H15NO2S. The van der Waals surface area contributed by atoms with Gasteiger partial charge in [0, 0.05) is 18.0 Å². The lowest BCUT2D eigenvalue weighted by atomic mass is 10.2. The molecule has 1 N–H and O–H groups in total. The van der Waals surface area contributed by atoms with Crippen molar-refractivity contribution < 1.29 is 8.42 Å². The molecule has 82 valence electrons. The molecule has 0 aliphatic heterocycles. The Kier molecular flexibility index (Phi) is 3.52. The lowest BCUT2D eigenvalue weighted by Gasteiger charge is -2.10. The molecule has 1 aromatic carbocycles. The predicted molar refractivity (Wildman–Crippen MR) is 62.8 cm³/mol. The Labute approximate surface area is 90.7 Å². The summed E-state index contributed by atoms with van der Waals surface area (Å²) in [5, 5.41) is 3.16. The summed E-state index contributed by atoms with van der Waals surface area (Å²) in [6.45, 7) is 5.62. The van der Waals surface area contributed by atoms with E-state index in [1.807, 2.05) is 6.92 Å². The van der Waals surface area contributed by atoms with E-state index in [2.05, 4.69) is 11.9 Å². The Morgan fingerprint density at radius 1 is 1.33 bits per heavy atom. The number of nitrogens with one attached hydrogen (secondary N) is 1. The minimum atomic E-state index is -3.10. The molecule has 0 saturated carbocycles. The number of benzene rings is 1. The molecule has 1 unspecified atom stereocenters. The lowest BCUT2D eigenvalue weighted by molar-refractivity contribution is 0.602. The number of hydrogen-bond donors (Lipinski definition) is 1. The molecule has 4 heteroatoms. The average Bonchev–Trinajstić information content (AvgIpc) is 2.17. The molecule has 0 amide bonds. The molecule has 1 rings (SSSR count). The summed E-state index contributed by atoms with van der Waals surface area (Å²) in [7, 11) is -3.10. The van der Waals surface area contributed by atoms with Crippen LogP contribution in [-0.4, -0.2) is 20.7 Å². The van der Waals surface area contributed by atoms with E-state index >= 15 is 0 Å². The minimum Gasteiger partial charge on any atom is -0.379 e. The van der Waals surface area contributed by atoms with Crippen molar-refractivity contribution in [1.82, 2.24) is 0 Å². The van der Waals surface area contributed by atoms with Crippen LogP contribution in [-0.2, 0) is 9.84 Å². The van der Waals surface area contributed by atoms with Crippen molar-refractivity contribution in [3.05, 3.63) is 36.9 Å². The molecule has 1 atom stereocenters. The zero-order valence-electron chi connectivity index (χ0n) is 8.90. The first-order valence-electron chi connectivity index (χ1n) is 4.62. The Hall–Kier alpha value is -1.29. The van der Waals surface area contributed by atoms with Crippen molar-refractivity contribution in [3.8, 4) is 0 Å². The van der Waals surface area contributed by atoms with E-state index in [-0.39, 0.29) is 6.04 Å². The molecule has 3 nitrogen and oxygen atoms in total. The van der Waals surface area contributed by atoms with Crippen molar-refractivity contribution in [2.75, 3.05) is 11.6 Å². The van der Waals surface area contributed by atoms with Gasteiger partial charge in [0.05, 0.1) is 4.90 Å². The predicted octanol–water partition coefficient (Wildman–Crippen LogP) is 2.08. The van der Waals surface area contributed by atoms with E-state index < -0.39 is 9.84 Å². The molecule has 0 aliphatic carbocycles. The third-order valence-corrected chi connectivity index (χ3v) is 3.16. The molecule has 0 heterocycles. The van der Waals surface area contributed by atoms with Gasteiger partial charge in [-0.3, -0.25) is 0 Å². The van der Waals surface area contributed by atoms with Crippen molar-refractivity contribution in [2.45, 2.75) is 17.9 Å². The van der Waals surface area contributed by atoms with Crippen molar-refractivity contribution in [3.63, 3.8) is 0 Å². The Morgan fingerprint density at radius 3 is 2.27 bits per heavy atom. The standard InChI is InChI=1S/C11H15NO2S/c1-4-9(2)12-10-5-7-11(8-6-10)15(3,13)14/h4-9,12H,1H2,2-3H3. The van der Waals surface area contributed by atoms with E-state index in [0.717, 1.165) is 5.69 Å². The summed E-state index contributed by atoms with van der Waals surface area (Å²) in [5.41, 5.74) is 0.884. The summed E-state index contributed by atoms with van der Waals surface area (Å²) in [5.74, 6) is 0. The first kappa shape index (κ1) is 11.8. The third kappa shape index (κ3) is 3.40. The molecular weight excluding hydrogens is 210 g/mol. The zero-order chi connectivity index (χ0) is 11.5. The number of sulfone groups is 1. The molecule has 0 aliphatic rings. The van der Waals surface area contributed by atoms with Crippen LogP contribution in [0.3, 0.4) is 0 Å². The second-order valence-corrected chi connectivity index (χ2v) is 5.48. The van der Waals surface area contributed by atoms with Gasteiger partial charge in [-0.1, -0.05) is 6.08 Å². The highest BCUT2D eigenvalue weighted by molar-refractivity contribution is 7.90. The summed E-state index contributed by atoms with van der Waals surface area (Å²) < 4.78 is 22.4. The lowest BCUT2D eigenvalue weighted by Crippen LogP contribution is -2.11. The van der Waals surface area contributed by atoms with Crippen LogP contribution in [0.2, 0.25) is 0 Å². The van der Waals surface area contributed by atoms with Crippen LogP contribution in [0.1, 0.15) is 6.92 Å². The van der Waals surface area contributed by atoms with E-state index in [0.29, 0.717) is 4.90 Å². The molecule has 0 saturated heterocycles. The van der Waals surface area contributed by atoms with Crippen LogP contribution in [0.5, 0.6) is 0 Å². The second kappa shape index (κ2) is 4.49. The highest BCUT2D eigenvalue weighted by Crippen LogP contribution is 2.14. The summed E-state index contributed by atoms with van der Waals surface area (Å²) in [6, 6.07) is 6.84. The fourth-order valence-corrected chi connectivity index (χ4v) is 1.75. The van der Waals surface area contributed by atoms with Gasteiger partial charge in [0.15, 0.2) is 9.84 Å². The Bertz CT molecular complexity index is 434. The smallest absolute Gasteiger partial charge is 0.175 e. The summed E-state index contributed by atoms with van der Waals surface area (Å²) in [4.78, 5) is 0.333. The van der Waals surface area contributed by atoms with Crippen LogP contribution >= 0.6 is 0 Å². The quantitative estimate of drug-likeness (QED) is 0.798. The van der Waals surface area contributed by atoms with E-state index in [1.165, 1.54) is 6.26 Å². The van der Waals surface area contributed by atoms with Crippen LogP contribution in [0.15, 0.2) is 41.8 Å². The first-order chi connectivity index (χ1) is 6.93. The van der Waals surface area contributed by atoms with Gasteiger partial charge in [-0.15, -0.1) is 6.58 Å². The van der Waals surface area contributed by atoms with Crippen LogP contribution < -0.4 is 5.32 Å². The highest BCUT2D eigenvalue weighted by atomic mass is 32.2. The van der Waals surface area contributed by atoms with Gasteiger partial charge >= 0.3 is 0 Å². The minimum absolute atomic E-state index is 0.161. The van der Waals surface area contributed by atoms with Gasteiger partial charge in [-0.05, 0) is 31.2 Å². The van der Waals surface area contributed by atoms with Crippen LogP contribution in [0.25, 0.3) is 0 Å². The van der Waals surface area contributed by atoms with E-state index in [4.69, 9.17) is 0 Å². The molecule has 1 aromatic rings. The maximum absolute atomic E-state index is 11.2. The third-order valence-electron chi connectivity index (χ3n) is 2.03. The van der Waals surface area contributed by atoms with E-state index in [1.54, 1.807) is 30.3 Å². The summed E-state index contributed by atoms with van der Waals surface area (Å²) in [6.07, 6.45) is 2.98. The number of anilines is 1. The molecule has 0 spiro atoms. The Balaban J connectivity index is 2.86. The number of rotatable bonds is 4. The average molecular weight is 225 g/mol. The zero-order valence-corrected chi connectivity index (χ0v) is 9.71. The first-order valence-corrected chi connectivity index (χ1v) is 6.52. The van der Waals surface area contributed by atoms with Crippen molar-refractivity contribution >= 4 is 15.5 Å². The van der Waals surface area contributed by atoms with Crippen molar-refractivity contribution in [1.29, 1.82) is 0 Å². The summed E-state index contributed by atoms with van der Waals surface area (Å²) >= 11 is 0. The second-order valence-electron chi connectivity index (χ2n) is 3.47.